The minimum absolute atomic E-state index is 0.0369. The summed E-state index contributed by atoms with van der Waals surface area (Å²) < 4.78 is 17.8. The van der Waals surface area contributed by atoms with E-state index in [-0.39, 0.29) is 18.3 Å². The van der Waals surface area contributed by atoms with E-state index in [1.807, 2.05) is 70.2 Å². The molecule has 3 aromatic rings. The third-order valence-corrected chi connectivity index (χ3v) is 6.37. The van der Waals surface area contributed by atoms with Gasteiger partial charge in [0.2, 0.25) is 5.91 Å². The molecule has 3 rings (SSSR count). The Morgan fingerprint density at radius 3 is 2.38 bits per heavy atom. The van der Waals surface area contributed by atoms with E-state index in [0.717, 1.165) is 5.52 Å². The molecule has 0 bridgehead atoms. The van der Waals surface area contributed by atoms with Crippen LogP contribution in [0.25, 0.3) is 11.0 Å². The third-order valence-electron chi connectivity index (χ3n) is 5.11. The number of rotatable bonds is 9. The summed E-state index contributed by atoms with van der Waals surface area (Å²) in [4.78, 5) is 40.1. The average molecular weight is 459 g/mol. The normalized spacial score (nSPS) is 14.0. The number of aromatic amines is 1. The first kappa shape index (κ1) is 24.0. The number of nitrogens with one attached hydrogen (secondary N) is 2. The number of amides is 1. The van der Waals surface area contributed by atoms with Crippen LogP contribution in [0.2, 0.25) is 0 Å². The summed E-state index contributed by atoms with van der Waals surface area (Å²) in [6.07, 6.45) is 0.0985. The highest BCUT2D eigenvalue weighted by atomic mass is 31.2. The van der Waals surface area contributed by atoms with Crippen molar-refractivity contribution in [1.29, 1.82) is 0 Å². The van der Waals surface area contributed by atoms with Crippen molar-refractivity contribution in [2.45, 2.75) is 45.8 Å². The maximum absolute atomic E-state index is 12.8. The lowest BCUT2D eigenvalue weighted by atomic mass is 10.0. The number of carbonyl (C=O) groups is 1. The van der Waals surface area contributed by atoms with Crippen molar-refractivity contribution in [3.63, 3.8) is 0 Å². The second-order valence-electron chi connectivity index (χ2n) is 8.68. The summed E-state index contributed by atoms with van der Waals surface area (Å²) in [5, 5.41) is 2.80. The van der Waals surface area contributed by atoms with E-state index >= 15 is 0 Å². The summed E-state index contributed by atoms with van der Waals surface area (Å²) in [5.74, 6) is 1.10. The summed E-state index contributed by atoms with van der Waals surface area (Å²) in [6.45, 7) is 7.47. The first-order valence-corrected chi connectivity index (χ1v) is 12.3. The number of H-pyrrole nitrogens is 1. The number of carbonyl (C=O) groups excluding carboxylic acids is 1. The van der Waals surface area contributed by atoms with Gasteiger partial charge in [-0.15, -0.1) is 0 Å². The van der Waals surface area contributed by atoms with Crippen molar-refractivity contribution in [2.24, 2.45) is 11.8 Å². The van der Waals surface area contributed by atoms with Crippen LogP contribution in [0.15, 0.2) is 48.5 Å². The molecule has 172 valence electrons. The second kappa shape index (κ2) is 9.86. The van der Waals surface area contributed by atoms with E-state index < -0.39 is 25.2 Å². The quantitative estimate of drug-likeness (QED) is 0.342. The maximum Gasteiger partial charge on any atom is 0.337 e. The molecule has 1 amide bonds. The Morgan fingerprint density at radius 1 is 1.09 bits per heavy atom. The maximum atomic E-state index is 12.8. The molecule has 0 saturated carbocycles. The highest BCUT2D eigenvalue weighted by Gasteiger charge is 2.37. The smallest absolute Gasteiger partial charge is 0.337 e. The Labute approximate surface area is 187 Å². The molecular weight excluding hydrogens is 429 g/mol. The monoisotopic (exact) mass is 459 g/mol. The number of hydrogen-bond donors (Lipinski definition) is 4. The van der Waals surface area contributed by atoms with Gasteiger partial charge in [-0.05, 0) is 42.5 Å². The molecule has 0 saturated heterocycles. The molecule has 0 fully saturated rings. The number of para-hydroxylation sites is 1. The lowest BCUT2D eigenvalue weighted by molar-refractivity contribution is -0.122. The van der Waals surface area contributed by atoms with Crippen LogP contribution in [-0.2, 0) is 9.36 Å². The Bertz CT molecular complexity index is 1110. The summed E-state index contributed by atoms with van der Waals surface area (Å²) in [6, 6.07) is 14.4. The molecule has 2 atom stereocenters. The first-order chi connectivity index (χ1) is 15.0. The number of aromatic nitrogens is 2. The molecule has 1 aromatic heterocycles. The zero-order chi connectivity index (χ0) is 23.5. The fourth-order valence-electron chi connectivity index (χ4n) is 3.48. The standard InChI is InChI=1S/C23H30N3O5P/c1-14(2)12-20(32(28,29)30)23(27)26-21(15(3)4)22-24-18-11-10-17(13-19(18)25-22)31-16-8-6-5-7-9-16/h5-11,13-15,20-21H,12H2,1-4H3,(H,24,25)(H,26,27)(H2,28,29,30)/t20?,21-/m0/s1. The van der Waals surface area contributed by atoms with E-state index in [4.69, 9.17) is 4.74 Å². The fourth-order valence-corrected chi connectivity index (χ4v) is 4.56. The topological polar surface area (TPSA) is 125 Å². The minimum Gasteiger partial charge on any atom is -0.457 e. The zero-order valence-electron chi connectivity index (χ0n) is 18.6. The van der Waals surface area contributed by atoms with Crippen LogP contribution >= 0.6 is 7.60 Å². The molecule has 0 aliphatic rings. The van der Waals surface area contributed by atoms with E-state index in [1.165, 1.54) is 0 Å². The Balaban J connectivity index is 1.85. The molecule has 9 heteroatoms. The highest BCUT2D eigenvalue weighted by molar-refractivity contribution is 7.53. The van der Waals surface area contributed by atoms with Crippen LogP contribution in [-0.4, -0.2) is 31.3 Å². The van der Waals surface area contributed by atoms with E-state index in [2.05, 4.69) is 15.3 Å². The molecule has 0 aliphatic heterocycles. The summed E-state index contributed by atoms with van der Waals surface area (Å²) >= 11 is 0. The second-order valence-corrected chi connectivity index (χ2v) is 10.5. The van der Waals surface area contributed by atoms with Crippen LogP contribution in [0.5, 0.6) is 11.5 Å². The molecule has 32 heavy (non-hydrogen) atoms. The van der Waals surface area contributed by atoms with Crippen molar-refractivity contribution >= 4 is 24.5 Å². The largest absolute Gasteiger partial charge is 0.457 e. The highest BCUT2D eigenvalue weighted by Crippen LogP contribution is 2.44. The van der Waals surface area contributed by atoms with Gasteiger partial charge in [0.1, 0.15) is 23.0 Å². The van der Waals surface area contributed by atoms with Gasteiger partial charge in [-0.3, -0.25) is 9.36 Å². The molecule has 0 spiro atoms. The van der Waals surface area contributed by atoms with E-state index in [1.54, 1.807) is 6.07 Å². The molecule has 2 aromatic carbocycles. The lowest BCUT2D eigenvalue weighted by Gasteiger charge is -2.25. The van der Waals surface area contributed by atoms with Gasteiger partial charge in [0.15, 0.2) is 0 Å². The van der Waals surface area contributed by atoms with Gasteiger partial charge >= 0.3 is 7.60 Å². The average Bonchev–Trinajstić information content (AvgIpc) is 3.12. The van der Waals surface area contributed by atoms with Crippen LogP contribution in [0.4, 0.5) is 0 Å². The molecule has 1 unspecified atom stereocenters. The van der Waals surface area contributed by atoms with E-state index in [9.17, 15) is 19.1 Å². The van der Waals surface area contributed by atoms with Crippen molar-refractivity contribution in [3.05, 3.63) is 54.4 Å². The van der Waals surface area contributed by atoms with Crippen molar-refractivity contribution < 1.29 is 23.9 Å². The van der Waals surface area contributed by atoms with Crippen LogP contribution < -0.4 is 10.1 Å². The molecule has 0 radical (unpaired) electrons. The number of imidazole rings is 1. The van der Waals surface area contributed by atoms with Crippen molar-refractivity contribution in [2.75, 3.05) is 0 Å². The third kappa shape index (κ3) is 5.97. The Morgan fingerprint density at radius 2 is 1.78 bits per heavy atom. The van der Waals surface area contributed by atoms with Gasteiger partial charge in [0.25, 0.3) is 0 Å². The van der Waals surface area contributed by atoms with Crippen LogP contribution in [0.1, 0.15) is 46.0 Å². The molecule has 1 heterocycles. The van der Waals surface area contributed by atoms with Crippen LogP contribution in [0, 0.1) is 11.8 Å². The van der Waals surface area contributed by atoms with Crippen molar-refractivity contribution in [3.8, 4) is 11.5 Å². The van der Waals surface area contributed by atoms with Gasteiger partial charge in [-0.1, -0.05) is 45.9 Å². The Hall–Kier alpha value is -2.67. The van der Waals surface area contributed by atoms with Gasteiger partial charge in [-0.25, -0.2) is 4.98 Å². The van der Waals surface area contributed by atoms with Crippen LogP contribution in [0.3, 0.4) is 0 Å². The van der Waals surface area contributed by atoms with Gasteiger partial charge in [-0.2, -0.15) is 0 Å². The number of hydrogen-bond acceptors (Lipinski definition) is 4. The fraction of sp³-hybridized carbons (Fsp3) is 0.391. The van der Waals surface area contributed by atoms with Gasteiger partial charge in [0.05, 0.1) is 17.1 Å². The number of fused-ring (bicyclic) bond motifs is 1. The predicted molar refractivity (Wildman–Crippen MR) is 124 cm³/mol. The number of nitrogens with zero attached hydrogens (tertiary/aromatic N) is 1. The predicted octanol–water partition coefficient (Wildman–Crippen LogP) is 4.76. The SMILES string of the molecule is CC(C)CC(C(=O)N[C@H](c1nc2cc(Oc3ccccc3)ccc2[nH]1)C(C)C)P(=O)(O)O. The molecule has 8 nitrogen and oxygen atoms in total. The molecule has 0 aliphatic carbocycles. The summed E-state index contributed by atoms with van der Waals surface area (Å²) in [5.41, 5.74) is 0.0510. The number of ether oxygens (including phenoxy) is 1. The van der Waals surface area contributed by atoms with E-state index in [0.29, 0.717) is 22.8 Å². The minimum atomic E-state index is -4.59. The summed E-state index contributed by atoms with van der Waals surface area (Å²) in [7, 11) is -4.59. The lowest BCUT2D eigenvalue weighted by Crippen LogP contribution is -2.40. The molecular formula is C23H30N3O5P. The van der Waals surface area contributed by atoms with Gasteiger partial charge < -0.3 is 24.8 Å². The van der Waals surface area contributed by atoms with Gasteiger partial charge in [0, 0.05) is 6.07 Å². The number of benzene rings is 2. The van der Waals surface area contributed by atoms with Crippen molar-refractivity contribution in [1.82, 2.24) is 15.3 Å². The molecule has 4 N–H and O–H groups in total. The first-order valence-electron chi connectivity index (χ1n) is 10.6. The Kier molecular flexibility index (Phi) is 7.39. The zero-order valence-corrected chi connectivity index (χ0v) is 19.5.